The molecule has 1 saturated heterocycles. The SMILES string of the molecule is COC(=O)C1CCN(C(=O)NC2(C(=O)O)CCC2)C1. The fourth-order valence-corrected chi connectivity index (χ4v) is 2.51. The molecule has 0 bridgehead atoms. The minimum atomic E-state index is -1.11. The number of esters is 1. The zero-order valence-electron chi connectivity index (χ0n) is 10.8. The predicted octanol–water partition coefficient (Wildman–Crippen LogP) is 0.198. The van der Waals surface area contributed by atoms with Crippen molar-refractivity contribution in [1.82, 2.24) is 10.2 Å². The second kappa shape index (κ2) is 5.07. The van der Waals surface area contributed by atoms with E-state index in [1.807, 2.05) is 0 Å². The van der Waals surface area contributed by atoms with Crippen LogP contribution in [0.5, 0.6) is 0 Å². The third-order valence-electron chi connectivity index (χ3n) is 3.97. The molecular formula is C12H18N2O5. The monoisotopic (exact) mass is 270 g/mol. The molecular weight excluding hydrogens is 252 g/mol. The van der Waals surface area contributed by atoms with E-state index in [-0.39, 0.29) is 18.4 Å². The highest BCUT2D eigenvalue weighted by atomic mass is 16.5. The molecule has 0 radical (unpaired) electrons. The molecule has 0 aromatic heterocycles. The molecule has 2 N–H and O–H groups in total. The van der Waals surface area contributed by atoms with Crippen LogP contribution in [0.25, 0.3) is 0 Å². The molecule has 2 fully saturated rings. The first kappa shape index (κ1) is 13.6. The number of likely N-dealkylation sites (tertiary alicyclic amines) is 1. The number of amides is 2. The van der Waals surface area contributed by atoms with Gasteiger partial charge in [-0.15, -0.1) is 0 Å². The van der Waals surface area contributed by atoms with Crippen molar-refractivity contribution >= 4 is 18.0 Å². The fourth-order valence-electron chi connectivity index (χ4n) is 2.51. The number of nitrogens with one attached hydrogen (secondary N) is 1. The van der Waals surface area contributed by atoms with E-state index < -0.39 is 17.5 Å². The summed E-state index contributed by atoms with van der Waals surface area (Å²) in [5, 5.41) is 11.7. The van der Waals surface area contributed by atoms with Crippen molar-refractivity contribution in [1.29, 1.82) is 0 Å². The summed E-state index contributed by atoms with van der Waals surface area (Å²) in [5.41, 5.74) is -1.11. The van der Waals surface area contributed by atoms with Crippen LogP contribution >= 0.6 is 0 Å². The van der Waals surface area contributed by atoms with Crippen molar-refractivity contribution in [3.63, 3.8) is 0 Å². The molecule has 2 amide bonds. The largest absolute Gasteiger partial charge is 0.480 e. The smallest absolute Gasteiger partial charge is 0.329 e. The van der Waals surface area contributed by atoms with E-state index in [4.69, 9.17) is 5.11 Å². The van der Waals surface area contributed by atoms with E-state index in [1.165, 1.54) is 12.0 Å². The van der Waals surface area contributed by atoms with E-state index in [2.05, 4.69) is 10.1 Å². The quantitative estimate of drug-likeness (QED) is 0.714. The van der Waals surface area contributed by atoms with Crippen molar-refractivity contribution in [3.05, 3.63) is 0 Å². The molecule has 1 atom stereocenters. The maximum Gasteiger partial charge on any atom is 0.329 e. The zero-order chi connectivity index (χ0) is 14.0. The van der Waals surface area contributed by atoms with Gasteiger partial charge in [0.1, 0.15) is 5.54 Å². The number of carbonyl (C=O) groups is 3. The average Bonchev–Trinajstić information content (AvgIpc) is 2.81. The highest BCUT2D eigenvalue weighted by Crippen LogP contribution is 2.32. The summed E-state index contributed by atoms with van der Waals surface area (Å²) in [4.78, 5) is 36.0. The Morgan fingerprint density at radius 1 is 1.37 bits per heavy atom. The van der Waals surface area contributed by atoms with E-state index in [0.717, 1.165) is 6.42 Å². The lowest BCUT2D eigenvalue weighted by atomic mass is 9.77. The maximum absolute atomic E-state index is 12.0. The molecule has 7 nitrogen and oxygen atoms in total. The number of ether oxygens (including phenoxy) is 1. The Morgan fingerprint density at radius 2 is 2.05 bits per heavy atom. The number of carboxylic acids is 1. The van der Waals surface area contributed by atoms with Gasteiger partial charge in [-0.2, -0.15) is 0 Å². The van der Waals surface area contributed by atoms with E-state index >= 15 is 0 Å². The van der Waals surface area contributed by atoms with Gasteiger partial charge in [0.25, 0.3) is 0 Å². The molecule has 0 aromatic rings. The third kappa shape index (κ3) is 2.50. The third-order valence-corrected chi connectivity index (χ3v) is 3.97. The van der Waals surface area contributed by atoms with Crippen LogP contribution < -0.4 is 5.32 Å². The van der Waals surface area contributed by atoms with Gasteiger partial charge in [-0.25, -0.2) is 9.59 Å². The van der Waals surface area contributed by atoms with Gasteiger partial charge in [0.05, 0.1) is 13.0 Å². The molecule has 0 spiro atoms. The Labute approximate surface area is 110 Å². The van der Waals surface area contributed by atoms with Crippen molar-refractivity contribution < 1.29 is 24.2 Å². The Bertz CT molecular complexity index is 405. The number of hydrogen-bond acceptors (Lipinski definition) is 4. The number of methoxy groups -OCH3 is 1. The van der Waals surface area contributed by atoms with E-state index in [0.29, 0.717) is 25.8 Å². The number of carbonyl (C=O) groups excluding carboxylic acids is 2. The molecule has 19 heavy (non-hydrogen) atoms. The fraction of sp³-hybridized carbons (Fsp3) is 0.750. The van der Waals surface area contributed by atoms with Gasteiger partial charge in [-0.05, 0) is 25.7 Å². The number of nitrogens with zero attached hydrogens (tertiary/aromatic N) is 1. The first-order valence-corrected chi connectivity index (χ1v) is 6.37. The van der Waals surface area contributed by atoms with Crippen LogP contribution in [-0.2, 0) is 14.3 Å². The topological polar surface area (TPSA) is 95.9 Å². The summed E-state index contributed by atoms with van der Waals surface area (Å²) in [6.07, 6.45) is 2.28. The van der Waals surface area contributed by atoms with Crippen LogP contribution in [0.2, 0.25) is 0 Å². The van der Waals surface area contributed by atoms with Crippen molar-refractivity contribution in [2.24, 2.45) is 5.92 Å². The first-order chi connectivity index (χ1) is 8.98. The van der Waals surface area contributed by atoms with Gasteiger partial charge >= 0.3 is 18.0 Å². The highest BCUT2D eigenvalue weighted by Gasteiger charge is 2.47. The van der Waals surface area contributed by atoms with Gasteiger partial charge in [0.15, 0.2) is 0 Å². The van der Waals surface area contributed by atoms with Crippen LogP contribution in [0.3, 0.4) is 0 Å². The normalized spacial score (nSPS) is 24.5. The van der Waals surface area contributed by atoms with Crippen LogP contribution in [0.15, 0.2) is 0 Å². The molecule has 106 valence electrons. The standard InChI is InChI=1S/C12H18N2O5/c1-19-9(15)8-3-6-14(7-8)11(18)13-12(10(16)17)4-2-5-12/h8H,2-7H2,1H3,(H,13,18)(H,16,17). The van der Waals surface area contributed by atoms with Gasteiger partial charge in [-0.1, -0.05) is 0 Å². The van der Waals surface area contributed by atoms with Crippen LogP contribution in [-0.4, -0.2) is 53.7 Å². The Morgan fingerprint density at radius 3 is 2.53 bits per heavy atom. The van der Waals surface area contributed by atoms with E-state index in [9.17, 15) is 14.4 Å². The molecule has 1 unspecified atom stereocenters. The number of carboxylic acid groups (broad SMARTS) is 1. The molecule has 0 aromatic carbocycles. The number of aliphatic carboxylic acids is 1. The molecule has 2 aliphatic rings. The predicted molar refractivity (Wildman–Crippen MR) is 64.4 cm³/mol. The van der Waals surface area contributed by atoms with Crippen molar-refractivity contribution in [2.45, 2.75) is 31.2 Å². The van der Waals surface area contributed by atoms with Crippen LogP contribution in [0, 0.1) is 5.92 Å². The molecule has 2 rings (SSSR count). The van der Waals surface area contributed by atoms with Gasteiger partial charge in [0.2, 0.25) is 0 Å². The summed E-state index contributed by atoms with van der Waals surface area (Å²) in [6, 6.07) is -0.409. The lowest BCUT2D eigenvalue weighted by Crippen LogP contribution is -2.61. The molecule has 1 aliphatic heterocycles. The van der Waals surface area contributed by atoms with Gasteiger partial charge in [0, 0.05) is 13.1 Å². The van der Waals surface area contributed by atoms with Crippen molar-refractivity contribution in [3.8, 4) is 0 Å². The van der Waals surface area contributed by atoms with E-state index in [1.54, 1.807) is 0 Å². The second-order valence-corrected chi connectivity index (χ2v) is 5.13. The van der Waals surface area contributed by atoms with Crippen LogP contribution in [0.4, 0.5) is 4.79 Å². The lowest BCUT2D eigenvalue weighted by molar-refractivity contribution is -0.148. The van der Waals surface area contributed by atoms with Gasteiger partial charge in [-0.3, -0.25) is 4.79 Å². The zero-order valence-corrected chi connectivity index (χ0v) is 10.8. The summed E-state index contributed by atoms with van der Waals surface area (Å²) in [7, 11) is 1.32. The number of urea groups is 1. The van der Waals surface area contributed by atoms with Crippen LogP contribution in [0.1, 0.15) is 25.7 Å². The summed E-state index contributed by atoms with van der Waals surface area (Å²) in [5.74, 6) is -1.62. The Kier molecular flexibility index (Phi) is 3.64. The summed E-state index contributed by atoms with van der Waals surface area (Å²) in [6.45, 7) is 0.732. The summed E-state index contributed by atoms with van der Waals surface area (Å²) < 4.78 is 4.64. The number of rotatable bonds is 3. The minimum absolute atomic E-state index is 0.286. The molecule has 7 heteroatoms. The molecule has 1 heterocycles. The minimum Gasteiger partial charge on any atom is -0.480 e. The lowest BCUT2D eigenvalue weighted by Gasteiger charge is -2.39. The Balaban J connectivity index is 1.91. The van der Waals surface area contributed by atoms with Gasteiger partial charge < -0.3 is 20.1 Å². The summed E-state index contributed by atoms with van der Waals surface area (Å²) >= 11 is 0. The number of hydrogen-bond donors (Lipinski definition) is 2. The highest BCUT2D eigenvalue weighted by molar-refractivity contribution is 5.87. The Hall–Kier alpha value is -1.79. The first-order valence-electron chi connectivity index (χ1n) is 6.37. The molecule has 1 saturated carbocycles. The average molecular weight is 270 g/mol. The van der Waals surface area contributed by atoms with Crippen molar-refractivity contribution in [2.75, 3.05) is 20.2 Å². The second-order valence-electron chi connectivity index (χ2n) is 5.13. The maximum atomic E-state index is 12.0. The molecule has 1 aliphatic carbocycles.